The van der Waals surface area contributed by atoms with Gasteiger partial charge in [-0.15, -0.1) is 0 Å². The Labute approximate surface area is 288 Å². The second-order valence-electron chi connectivity index (χ2n) is 14.9. The molecule has 2 atom stereocenters. The van der Waals surface area contributed by atoms with Crippen LogP contribution in [-0.2, 0) is 22.6 Å². The zero-order valence-corrected chi connectivity index (χ0v) is 30.9. The maximum Gasteiger partial charge on any atom is 0.410 e. The number of aryl methyl sites for hydroxylation is 1. The van der Waals surface area contributed by atoms with E-state index in [-0.39, 0.29) is 41.9 Å². The van der Waals surface area contributed by atoms with Gasteiger partial charge in [-0.05, 0) is 46.2 Å². The molecule has 2 saturated heterocycles. The molecular formula is C32H43F3N8O4SSi. The molecule has 0 radical (unpaired) electrons. The van der Waals surface area contributed by atoms with Gasteiger partial charge in [0, 0.05) is 51.1 Å². The summed E-state index contributed by atoms with van der Waals surface area (Å²) in [7, 11) is 0.0541. The van der Waals surface area contributed by atoms with Crippen LogP contribution in [0.25, 0.3) is 27.6 Å². The number of fused-ring (bicyclic) bond motifs is 3. The lowest BCUT2D eigenvalue weighted by Gasteiger charge is -2.35. The molecule has 2 aliphatic heterocycles. The van der Waals surface area contributed by atoms with E-state index in [9.17, 15) is 18.0 Å². The first-order valence-corrected chi connectivity index (χ1v) is 20.8. The van der Waals surface area contributed by atoms with Crippen LogP contribution in [-0.4, -0.2) is 99.1 Å². The number of likely N-dealkylation sites (tertiary alicyclic amines) is 1. The van der Waals surface area contributed by atoms with Gasteiger partial charge >= 0.3 is 12.3 Å². The van der Waals surface area contributed by atoms with Gasteiger partial charge in [-0.2, -0.15) is 23.4 Å². The number of aromatic nitrogens is 6. The average molecular weight is 721 g/mol. The van der Waals surface area contributed by atoms with Gasteiger partial charge in [0.1, 0.15) is 34.4 Å². The van der Waals surface area contributed by atoms with E-state index in [1.165, 1.54) is 34.0 Å². The van der Waals surface area contributed by atoms with Crippen molar-refractivity contribution in [3.8, 4) is 27.7 Å². The highest BCUT2D eigenvalue weighted by molar-refractivity contribution is 7.19. The number of methoxy groups -OCH3 is 1. The maximum atomic E-state index is 14.4. The molecule has 0 N–H and O–H groups in total. The standard InChI is InChI=1S/C32H43F3N8O4SSi/c1-19-29(40-15-22-12-21(40)16-41(22)30(44)47-31(2,3)4)48-28(38-19)25-23(13-32(33,34)35)26(43(39-25)18-46-9-10-49(6,7)8)20-11-24(45-5)27-36-17-37-42(27)14-20/h11,14,17,21-22H,9-10,12-13,15-16,18H2,1-8H3/t21-,22-/m0/s1. The Kier molecular flexibility index (Phi) is 9.23. The molecule has 12 nitrogen and oxygen atoms in total. The Morgan fingerprint density at radius 2 is 1.90 bits per heavy atom. The minimum atomic E-state index is -4.54. The van der Waals surface area contributed by atoms with Crippen molar-refractivity contribution in [2.75, 3.05) is 31.7 Å². The van der Waals surface area contributed by atoms with Crippen LogP contribution in [0.5, 0.6) is 5.75 Å². The third kappa shape index (κ3) is 7.57. The molecule has 0 aliphatic carbocycles. The number of nitrogens with zero attached hydrogens (tertiary/aromatic N) is 8. The molecule has 49 heavy (non-hydrogen) atoms. The van der Waals surface area contributed by atoms with Crippen molar-refractivity contribution in [2.24, 2.45) is 0 Å². The molecule has 4 aromatic heterocycles. The number of hydrogen-bond acceptors (Lipinski definition) is 10. The molecule has 17 heteroatoms. The van der Waals surface area contributed by atoms with Gasteiger partial charge in [0.2, 0.25) is 0 Å². The molecule has 266 valence electrons. The summed E-state index contributed by atoms with van der Waals surface area (Å²) in [5.74, 6) is 0.360. The fourth-order valence-corrected chi connectivity index (χ4v) is 8.29. The second-order valence-corrected chi connectivity index (χ2v) is 21.5. The average Bonchev–Trinajstić information content (AvgIpc) is 3.81. The lowest BCUT2D eigenvalue weighted by molar-refractivity contribution is -0.127. The summed E-state index contributed by atoms with van der Waals surface area (Å²) in [4.78, 5) is 25.9. The van der Waals surface area contributed by atoms with Gasteiger partial charge < -0.3 is 24.0 Å². The number of ether oxygens (including phenoxy) is 3. The summed E-state index contributed by atoms with van der Waals surface area (Å²) < 4.78 is 63.3. The lowest BCUT2D eigenvalue weighted by atomic mass is 10.0. The molecule has 0 saturated carbocycles. The maximum absolute atomic E-state index is 14.4. The SMILES string of the molecule is COc1cc(-c2c(CC(F)(F)F)c(-c3nc(C)c(N4C[C@@H]5C[C@H]4CN5C(=O)OC(C)(C)C)s3)nn2COCC[Si](C)(C)C)cn2ncnc12. The summed E-state index contributed by atoms with van der Waals surface area (Å²) >= 11 is 1.32. The number of piperazine rings is 1. The topological polar surface area (TPSA) is 112 Å². The van der Waals surface area contributed by atoms with Crippen LogP contribution < -0.4 is 9.64 Å². The van der Waals surface area contributed by atoms with Crippen molar-refractivity contribution in [2.45, 2.75) is 96.8 Å². The Morgan fingerprint density at radius 1 is 1.14 bits per heavy atom. The highest BCUT2D eigenvalue weighted by Gasteiger charge is 2.47. The highest BCUT2D eigenvalue weighted by Crippen LogP contribution is 2.44. The van der Waals surface area contributed by atoms with Crippen LogP contribution in [0.1, 0.15) is 38.4 Å². The Morgan fingerprint density at radius 3 is 2.53 bits per heavy atom. The van der Waals surface area contributed by atoms with Gasteiger partial charge in [0.25, 0.3) is 0 Å². The summed E-state index contributed by atoms with van der Waals surface area (Å²) in [5, 5.41) is 10.2. The van der Waals surface area contributed by atoms with E-state index in [4.69, 9.17) is 24.3 Å². The van der Waals surface area contributed by atoms with E-state index in [0.29, 0.717) is 47.4 Å². The van der Waals surface area contributed by atoms with Crippen molar-refractivity contribution in [1.29, 1.82) is 0 Å². The fourth-order valence-electron chi connectivity index (χ4n) is 6.38. The Hall–Kier alpha value is -3.70. The largest absolute Gasteiger partial charge is 0.493 e. The summed E-state index contributed by atoms with van der Waals surface area (Å²) in [6.45, 7) is 15.6. The molecule has 1 amide bonds. The smallest absolute Gasteiger partial charge is 0.410 e. The minimum absolute atomic E-state index is 0.0119. The monoisotopic (exact) mass is 720 g/mol. The van der Waals surface area contributed by atoms with Crippen LogP contribution in [0.4, 0.5) is 23.0 Å². The van der Waals surface area contributed by atoms with E-state index >= 15 is 0 Å². The predicted molar refractivity (Wildman–Crippen MR) is 183 cm³/mol. The Bertz CT molecular complexity index is 1840. The normalized spacial score (nSPS) is 18.3. The van der Waals surface area contributed by atoms with Crippen molar-refractivity contribution in [1.82, 2.24) is 34.3 Å². The summed E-state index contributed by atoms with van der Waals surface area (Å²) in [6, 6.07) is 2.57. The van der Waals surface area contributed by atoms with E-state index in [1.807, 2.05) is 27.7 Å². The number of carbonyl (C=O) groups is 1. The van der Waals surface area contributed by atoms with Gasteiger partial charge in [-0.25, -0.2) is 24.0 Å². The van der Waals surface area contributed by atoms with Crippen molar-refractivity contribution in [3.05, 3.63) is 29.8 Å². The minimum Gasteiger partial charge on any atom is -0.493 e. The zero-order valence-electron chi connectivity index (χ0n) is 29.1. The number of carbonyl (C=O) groups excluding carboxylic acids is 1. The molecule has 2 fully saturated rings. The number of amides is 1. The third-order valence-electron chi connectivity index (χ3n) is 8.58. The van der Waals surface area contributed by atoms with E-state index in [1.54, 1.807) is 17.2 Å². The molecule has 0 aromatic carbocycles. The molecule has 6 heterocycles. The highest BCUT2D eigenvalue weighted by atomic mass is 32.1. The number of alkyl halides is 3. The molecule has 0 spiro atoms. The predicted octanol–water partition coefficient (Wildman–Crippen LogP) is 6.65. The van der Waals surface area contributed by atoms with Crippen LogP contribution in [0.15, 0.2) is 18.6 Å². The van der Waals surface area contributed by atoms with Crippen molar-refractivity contribution in [3.63, 3.8) is 0 Å². The number of pyridine rings is 1. The second kappa shape index (κ2) is 12.9. The zero-order chi connectivity index (χ0) is 35.5. The van der Waals surface area contributed by atoms with Gasteiger partial charge in [-0.3, -0.25) is 0 Å². The summed E-state index contributed by atoms with van der Waals surface area (Å²) in [6.07, 6.45) is -2.32. The van der Waals surface area contributed by atoms with E-state index in [0.717, 1.165) is 17.5 Å². The van der Waals surface area contributed by atoms with E-state index < -0.39 is 26.3 Å². The van der Waals surface area contributed by atoms with Gasteiger partial charge in [0.15, 0.2) is 11.4 Å². The van der Waals surface area contributed by atoms with Crippen LogP contribution in [0.2, 0.25) is 25.7 Å². The van der Waals surface area contributed by atoms with E-state index in [2.05, 4.69) is 34.6 Å². The molecular weight excluding hydrogens is 678 g/mol. The first-order chi connectivity index (χ1) is 22.9. The molecule has 0 unspecified atom stereocenters. The van der Waals surface area contributed by atoms with Crippen molar-refractivity contribution < 1.29 is 32.2 Å². The number of halogens is 3. The van der Waals surface area contributed by atoms with Crippen LogP contribution >= 0.6 is 11.3 Å². The fraction of sp³-hybridized carbons (Fsp3) is 0.594. The lowest BCUT2D eigenvalue weighted by Crippen LogP contribution is -2.50. The van der Waals surface area contributed by atoms with Crippen LogP contribution in [0.3, 0.4) is 0 Å². The molecule has 2 bridgehead atoms. The molecule has 4 aromatic rings. The molecule has 2 aliphatic rings. The summed E-state index contributed by atoms with van der Waals surface area (Å²) in [5.41, 5.74) is 1.35. The van der Waals surface area contributed by atoms with Crippen LogP contribution in [0, 0.1) is 6.92 Å². The van der Waals surface area contributed by atoms with Gasteiger partial charge in [-0.1, -0.05) is 31.0 Å². The number of thiazole rings is 1. The number of rotatable bonds is 10. The third-order valence-corrected chi connectivity index (χ3v) is 11.5. The first kappa shape index (κ1) is 35.1. The first-order valence-electron chi connectivity index (χ1n) is 16.3. The van der Waals surface area contributed by atoms with Crippen molar-refractivity contribution >= 4 is 36.2 Å². The van der Waals surface area contributed by atoms with Gasteiger partial charge in [0.05, 0.1) is 31.0 Å². The molecule has 6 rings (SSSR count). The quantitative estimate of drug-likeness (QED) is 0.131. The number of anilines is 1. The number of hydrogen-bond donors (Lipinski definition) is 0. The Balaban J connectivity index is 1.39.